The van der Waals surface area contributed by atoms with E-state index >= 15 is 0 Å². The van der Waals surface area contributed by atoms with Gasteiger partial charge in [0.15, 0.2) is 0 Å². The molecule has 0 unspecified atom stereocenters. The largest absolute Gasteiger partial charge is 0.353 e. The predicted molar refractivity (Wildman–Crippen MR) is 92.8 cm³/mol. The Morgan fingerprint density at radius 2 is 1.68 bits per heavy atom. The summed E-state index contributed by atoms with van der Waals surface area (Å²) in [6.45, 7) is 7.96. The van der Waals surface area contributed by atoms with Crippen LogP contribution < -0.4 is 10.6 Å². The zero-order valence-electron chi connectivity index (χ0n) is 14.9. The van der Waals surface area contributed by atoms with Crippen LogP contribution in [0.25, 0.3) is 0 Å². The van der Waals surface area contributed by atoms with E-state index in [0.29, 0.717) is 29.3 Å². The molecule has 0 heterocycles. The zero-order chi connectivity index (χ0) is 16.0. The minimum absolute atomic E-state index is 0.298. The van der Waals surface area contributed by atoms with E-state index < -0.39 is 0 Å². The first-order valence-electron chi connectivity index (χ1n) is 9.45. The second-order valence-corrected chi connectivity index (χ2v) is 8.75. The quantitative estimate of drug-likeness (QED) is 0.778. The molecule has 0 saturated heterocycles. The molecule has 2 atom stereocenters. The molecule has 0 aromatic heterocycles. The first kappa shape index (κ1) is 17.8. The van der Waals surface area contributed by atoms with Crippen LogP contribution in [-0.4, -0.2) is 24.5 Å². The van der Waals surface area contributed by atoms with Gasteiger partial charge in [0.2, 0.25) is 5.91 Å². The van der Waals surface area contributed by atoms with E-state index in [1.807, 2.05) is 0 Å². The number of carbonyl (C=O) groups excluding carboxylic acids is 1. The van der Waals surface area contributed by atoms with Crippen LogP contribution in [0, 0.1) is 11.3 Å². The molecule has 0 spiro atoms. The monoisotopic (exact) mass is 308 g/mol. The number of hydrogen-bond donors (Lipinski definition) is 2. The molecule has 3 heteroatoms. The van der Waals surface area contributed by atoms with Gasteiger partial charge in [-0.25, -0.2) is 0 Å². The maximum absolute atomic E-state index is 12.2. The van der Waals surface area contributed by atoms with Crippen molar-refractivity contribution in [1.29, 1.82) is 0 Å². The minimum Gasteiger partial charge on any atom is -0.353 e. The van der Waals surface area contributed by atoms with E-state index in [-0.39, 0.29) is 0 Å². The Bertz CT molecular complexity index is 342. The highest BCUT2D eigenvalue weighted by Gasteiger charge is 2.26. The summed E-state index contributed by atoms with van der Waals surface area (Å²) >= 11 is 0. The van der Waals surface area contributed by atoms with Crippen LogP contribution in [-0.2, 0) is 4.79 Å². The molecule has 0 aromatic rings. The van der Waals surface area contributed by atoms with Crippen LogP contribution >= 0.6 is 0 Å². The van der Waals surface area contributed by atoms with Crippen molar-refractivity contribution in [3.63, 3.8) is 0 Å². The molecule has 2 saturated carbocycles. The lowest BCUT2D eigenvalue weighted by Gasteiger charge is -2.22. The summed E-state index contributed by atoms with van der Waals surface area (Å²) in [7, 11) is 0. The maximum Gasteiger partial charge on any atom is 0.220 e. The van der Waals surface area contributed by atoms with Gasteiger partial charge in [0, 0.05) is 18.5 Å². The van der Waals surface area contributed by atoms with Gasteiger partial charge >= 0.3 is 0 Å². The Hall–Kier alpha value is -0.570. The summed E-state index contributed by atoms with van der Waals surface area (Å²) in [5.41, 5.74) is 0.402. The SMILES string of the molecule is CC(C)(C)CCN[C@H]1CC[C@H](NC(=O)CC2CCCCC2)C1. The molecule has 1 amide bonds. The van der Waals surface area contributed by atoms with Gasteiger partial charge in [-0.05, 0) is 56.4 Å². The molecule has 3 nitrogen and oxygen atoms in total. The zero-order valence-corrected chi connectivity index (χ0v) is 14.9. The average Bonchev–Trinajstić information content (AvgIpc) is 2.85. The van der Waals surface area contributed by atoms with Crippen LogP contribution in [0.5, 0.6) is 0 Å². The van der Waals surface area contributed by atoms with Gasteiger partial charge in [-0.3, -0.25) is 4.79 Å². The Morgan fingerprint density at radius 1 is 1.00 bits per heavy atom. The molecule has 22 heavy (non-hydrogen) atoms. The first-order valence-corrected chi connectivity index (χ1v) is 9.45. The lowest BCUT2D eigenvalue weighted by atomic mass is 9.87. The Labute approximate surface area is 137 Å². The van der Waals surface area contributed by atoms with Crippen molar-refractivity contribution in [2.24, 2.45) is 11.3 Å². The Balaban J connectivity index is 1.60. The molecule has 2 aliphatic carbocycles. The van der Waals surface area contributed by atoms with Gasteiger partial charge in [-0.2, -0.15) is 0 Å². The number of carbonyl (C=O) groups is 1. The minimum atomic E-state index is 0.298. The fourth-order valence-electron chi connectivity index (χ4n) is 3.89. The molecule has 2 rings (SSSR count). The van der Waals surface area contributed by atoms with Gasteiger partial charge < -0.3 is 10.6 Å². The first-order chi connectivity index (χ1) is 10.4. The van der Waals surface area contributed by atoms with Crippen molar-refractivity contribution in [2.75, 3.05) is 6.54 Å². The second-order valence-electron chi connectivity index (χ2n) is 8.75. The molecule has 2 fully saturated rings. The van der Waals surface area contributed by atoms with Gasteiger partial charge in [0.05, 0.1) is 0 Å². The van der Waals surface area contributed by atoms with E-state index in [9.17, 15) is 4.79 Å². The van der Waals surface area contributed by atoms with Crippen LogP contribution in [0.15, 0.2) is 0 Å². The third kappa shape index (κ3) is 6.68. The second kappa shape index (κ2) is 8.33. The normalized spacial score (nSPS) is 27.0. The molecular formula is C19H36N2O. The summed E-state index contributed by atoms with van der Waals surface area (Å²) in [6, 6.07) is 1.01. The number of hydrogen-bond acceptors (Lipinski definition) is 2. The van der Waals surface area contributed by atoms with Crippen molar-refractivity contribution in [3.05, 3.63) is 0 Å². The van der Waals surface area contributed by atoms with E-state index in [2.05, 4.69) is 31.4 Å². The van der Waals surface area contributed by atoms with Crippen molar-refractivity contribution in [2.45, 2.75) is 97.1 Å². The van der Waals surface area contributed by atoms with Crippen molar-refractivity contribution >= 4 is 5.91 Å². The van der Waals surface area contributed by atoms with E-state index in [4.69, 9.17) is 0 Å². The number of rotatable bonds is 6. The molecule has 128 valence electrons. The molecular weight excluding hydrogens is 272 g/mol. The van der Waals surface area contributed by atoms with E-state index in [0.717, 1.165) is 25.8 Å². The highest BCUT2D eigenvalue weighted by atomic mass is 16.1. The van der Waals surface area contributed by atoms with Crippen LogP contribution in [0.1, 0.15) is 85.0 Å². The summed E-state index contributed by atoms with van der Waals surface area (Å²) in [5.74, 6) is 0.947. The lowest BCUT2D eigenvalue weighted by molar-refractivity contribution is -0.122. The topological polar surface area (TPSA) is 41.1 Å². The third-order valence-corrected chi connectivity index (χ3v) is 5.30. The summed E-state index contributed by atoms with van der Waals surface area (Å²) in [6.07, 6.45) is 12.0. The highest BCUT2D eigenvalue weighted by Crippen LogP contribution is 2.27. The summed E-state index contributed by atoms with van der Waals surface area (Å²) in [4.78, 5) is 12.2. The van der Waals surface area contributed by atoms with Gasteiger partial charge in [-0.1, -0.05) is 40.0 Å². The Kier molecular flexibility index (Phi) is 6.73. The molecule has 0 aromatic carbocycles. The summed E-state index contributed by atoms with van der Waals surface area (Å²) in [5, 5.41) is 6.96. The summed E-state index contributed by atoms with van der Waals surface area (Å²) < 4.78 is 0. The van der Waals surface area contributed by atoms with Gasteiger partial charge in [0.1, 0.15) is 0 Å². The Morgan fingerprint density at radius 3 is 2.36 bits per heavy atom. The molecule has 0 radical (unpaired) electrons. The van der Waals surface area contributed by atoms with Crippen molar-refractivity contribution < 1.29 is 4.79 Å². The fourth-order valence-corrected chi connectivity index (χ4v) is 3.89. The third-order valence-electron chi connectivity index (χ3n) is 5.30. The van der Waals surface area contributed by atoms with Crippen LogP contribution in [0.3, 0.4) is 0 Å². The molecule has 0 bridgehead atoms. The van der Waals surface area contributed by atoms with Crippen LogP contribution in [0.4, 0.5) is 0 Å². The molecule has 2 N–H and O–H groups in total. The predicted octanol–water partition coefficient (Wildman–Crippen LogP) is 4.02. The number of amides is 1. The lowest BCUT2D eigenvalue weighted by Crippen LogP contribution is -2.36. The van der Waals surface area contributed by atoms with Crippen LogP contribution in [0.2, 0.25) is 0 Å². The number of nitrogens with one attached hydrogen (secondary N) is 2. The maximum atomic E-state index is 12.2. The van der Waals surface area contributed by atoms with Crippen molar-refractivity contribution in [1.82, 2.24) is 10.6 Å². The van der Waals surface area contributed by atoms with E-state index in [1.54, 1.807) is 0 Å². The van der Waals surface area contributed by atoms with Gasteiger partial charge in [0.25, 0.3) is 0 Å². The van der Waals surface area contributed by atoms with Gasteiger partial charge in [-0.15, -0.1) is 0 Å². The van der Waals surface area contributed by atoms with E-state index in [1.165, 1.54) is 44.9 Å². The fraction of sp³-hybridized carbons (Fsp3) is 0.947. The smallest absolute Gasteiger partial charge is 0.220 e. The van der Waals surface area contributed by atoms with Crippen molar-refractivity contribution in [3.8, 4) is 0 Å². The average molecular weight is 309 g/mol. The highest BCUT2D eigenvalue weighted by molar-refractivity contribution is 5.76. The molecule has 2 aliphatic rings. The molecule has 0 aliphatic heterocycles. The standard InChI is InChI=1S/C19H36N2O/c1-19(2,3)11-12-20-16-9-10-17(14-16)21-18(22)13-15-7-5-4-6-8-15/h15-17,20H,4-14H2,1-3H3,(H,21,22)/t16-,17-/m0/s1.